The van der Waals surface area contributed by atoms with Crippen LogP contribution in [0, 0.1) is 0 Å². The zero-order valence-electron chi connectivity index (χ0n) is 11.6. The number of aliphatic hydroxyl groups is 1. The summed E-state index contributed by atoms with van der Waals surface area (Å²) in [4.78, 5) is 14.0. The topological polar surface area (TPSA) is 52.6 Å². The van der Waals surface area contributed by atoms with Gasteiger partial charge in [0, 0.05) is 22.7 Å². The predicted octanol–water partition coefficient (Wildman–Crippen LogP) is 3.59. The smallest absolute Gasteiger partial charge is 0.322 e. The normalized spacial score (nSPS) is 14.2. The van der Waals surface area contributed by atoms with Gasteiger partial charge in [-0.05, 0) is 47.9 Å². The molecule has 2 aromatic carbocycles. The van der Waals surface area contributed by atoms with E-state index in [2.05, 4.69) is 21.2 Å². The van der Waals surface area contributed by atoms with E-state index in [4.69, 9.17) is 5.11 Å². The van der Waals surface area contributed by atoms with E-state index in [0.29, 0.717) is 6.54 Å². The van der Waals surface area contributed by atoms with E-state index < -0.39 is 0 Å². The molecule has 0 spiro atoms. The average molecular weight is 349 g/mol. The Morgan fingerprint density at radius 1 is 1.24 bits per heavy atom. The van der Waals surface area contributed by atoms with Gasteiger partial charge < -0.3 is 15.3 Å². The van der Waals surface area contributed by atoms with Crippen molar-refractivity contribution in [2.45, 2.75) is 18.9 Å². The third-order valence-electron chi connectivity index (χ3n) is 3.64. The third-order valence-corrected chi connectivity index (χ3v) is 4.14. The third kappa shape index (κ3) is 3.36. The quantitative estimate of drug-likeness (QED) is 0.886. The summed E-state index contributed by atoms with van der Waals surface area (Å²) < 4.78 is 1.04. The number of anilines is 1. The van der Waals surface area contributed by atoms with Gasteiger partial charge in [-0.2, -0.15) is 0 Å². The summed E-state index contributed by atoms with van der Waals surface area (Å²) in [5.41, 5.74) is 0.776. The van der Waals surface area contributed by atoms with E-state index in [1.807, 2.05) is 36.4 Å². The molecule has 0 saturated heterocycles. The first-order chi connectivity index (χ1) is 10.2. The van der Waals surface area contributed by atoms with Crippen molar-refractivity contribution in [3.8, 4) is 0 Å². The van der Waals surface area contributed by atoms with E-state index in [1.54, 1.807) is 4.90 Å². The Morgan fingerprint density at radius 2 is 1.95 bits per heavy atom. The maximum atomic E-state index is 12.3. The second-order valence-corrected chi connectivity index (χ2v) is 6.20. The molecule has 110 valence electrons. The summed E-state index contributed by atoms with van der Waals surface area (Å²) in [5.74, 6) is 0. The monoisotopic (exact) mass is 348 g/mol. The molecule has 3 rings (SSSR count). The molecular weight excluding hydrogens is 332 g/mol. The van der Waals surface area contributed by atoms with Crippen LogP contribution in [0.3, 0.4) is 0 Å². The molecule has 0 unspecified atom stereocenters. The van der Waals surface area contributed by atoms with Crippen molar-refractivity contribution in [2.24, 2.45) is 0 Å². The first-order valence-corrected chi connectivity index (χ1v) is 7.84. The Morgan fingerprint density at radius 3 is 2.67 bits per heavy atom. The van der Waals surface area contributed by atoms with Crippen molar-refractivity contribution in [2.75, 3.05) is 18.5 Å². The minimum atomic E-state index is -0.136. The summed E-state index contributed by atoms with van der Waals surface area (Å²) in [6, 6.07) is 12.0. The molecular formula is C16H17BrN2O2. The van der Waals surface area contributed by atoms with Crippen LogP contribution >= 0.6 is 15.9 Å². The maximum absolute atomic E-state index is 12.3. The van der Waals surface area contributed by atoms with Crippen LogP contribution in [0.2, 0.25) is 0 Å². The Kier molecular flexibility index (Phi) is 4.12. The van der Waals surface area contributed by atoms with Gasteiger partial charge in [-0.3, -0.25) is 0 Å². The molecule has 2 amide bonds. The maximum Gasteiger partial charge on any atom is 0.322 e. The number of nitrogens with zero attached hydrogens (tertiary/aromatic N) is 1. The van der Waals surface area contributed by atoms with Crippen molar-refractivity contribution >= 4 is 38.4 Å². The number of halogens is 1. The Labute approximate surface area is 131 Å². The minimum absolute atomic E-state index is 0.00430. The number of carbonyl (C=O) groups is 1. The first-order valence-electron chi connectivity index (χ1n) is 7.05. The second-order valence-electron chi connectivity index (χ2n) is 5.28. The molecule has 1 aliphatic carbocycles. The summed E-state index contributed by atoms with van der Waals surface area (Å²) in [6.07, 6.45) is 2.05. The van der Waals surface area contributed by atoms with E-state index in [1.165, 1.54) is 0 Å². The van der Waals surface area contributed by atoms with E-state index in [-0.39, 0.29) is 18.7 Å². The van der Waals surface area contributed by atoms with Crippen molar-refractivity contribution in [1.82, 2.24) is 4.90 Å². The lowest BCUT2D eigenvalue weighted by molar-refractivity contribution is 0.185. The fraction of sp³-hybridized carbons (Fsp3) is 0.312. The molecule has 0 radical (unpaired) electrons. The minimum Gasteiger partial charge on any atom is -0.395 e. The molecule has 2 aromatic rings. The number of urea groups is 1. The van der Waals surface area contributed by atoms with Crippen molar-refractivity contribution < 1.29 is 9.90 Å². The first kappa shape index (κ1) is 14.4. The number of fused-ring (bicyclic) bond motifs is 1. The van der Waals surface area contributed by atoms with Gasteiger partial charge in [0.2, 0.25) is 0 Å². The summed E-state index contributed by atoms with van der Waals surface area (Å²) in [6.45, 7) is 0.382. The molecule has 0 bridgehead atoms. The second kappa shape index (κ2) is 6.03. The molecule has 0 atom stereocenters. The lowest BCUT2D eigenvalue weighted by atomic mass is 10.1. The van der Waals surface area contributed by atoms with Crippen molar-refractivity contribution in [3.05, 3.63) is 40.9 Å². The van der Waals surface area contributed by atoms with Gasteiger partial charge in [-0.1, -0.05) is 28.1 Å². The molecule has 2 N–H and O–H groups in total. The number of aliphatic hydroxyl groups excluding tert-OH is 1. The summed E-state index contributed by atoms with van der Waals surface area (Å²) in [7, 11) is 0. The van der Waals surface area contributed by atoms with Gasteiger partial charge in [0.05, 0.1) is 6.61 Å². The van der Waals surface area contributed by atoms with E-state index in [0.717, 1.165) is 33.8 Å². The van der Waals surface area contributed by atoms with Crippen molar-refractivity contribution in [3.63, 3.8) is 0 Å². The molecule has 0 aliphatic heterocycles. The van der Waals surface area contributed by atoms with Gasteiger partial charge in [-0.25, -0.2) is 4.79 Å². The lowest BCUT2D eigenvalue weighted by Gasteiger charge is -2.21. The van der Waals surface area contributed by atoms with Gasteiger partial charge >= 0.3 is 6.03 Å². The van der Waals surface area contributed by atoms with Gasteiger partial charge in [0.1, 0.15) is 0 Å². The number of hydrogen-bond acceptors (Lipinski definition) is 2. The number of amides is 2. The molecule has 0 heterocycles. The fourth-order valence-electron chi connectivity index (χ4n) is 2.43. The van der Waals surface area contributed by atoms with Crippen LogP contribution in [0.25, 0.3) is 10.8 Å². The molecule has 0 aromatic heterocycles. The molecule has 1 fully saturated rings. The van der Waals surface area contributed by atoms with Crippen LogP contribution in [0.1, 0.15) is 12.8 Å². The van der Waals surface area contributed by atoms with Crippen molar-refractivity contribution in [1.29, 1.82) is 0 Å². The fourth-order valence-corrected chi connectivity index (χ4v) is 2.81. The number of hydrogen-bond donors (Lipinski definition) is 2. The average Bonchev–Trinajstić information content (AvgIpc) is 3.29. The highest BCUT2D eigenvalue weighted by molar-refractivity contribution is 9.10. The van der Waals surface area contributed by atoms with Gasteiger partial charge in [-0.15, -0.1) is 0 Å². The highest BCUT2D eigenvalue weighted by Gasteiger charge is 2.32. The number of carbonyl (C=O) groups excluding carboxylic acids is 1. The van der Waals surface area contributed by atoms with Crippen LogP contribution in [-0.2, 0) is 0 Å². The predicted molar refractivity (Wildman–Crippen MR) is 87.5 cm³/mol. The summed E-state index contributed by atoms with van der Waals surface area (Å²) >= 11 is 3.45. The largest absolute Gasteiger partial charge is 0.395 e. The highest BCUT2D eigenvalue weighted by atomic mass is 79.9. The molecule has 1 aliphatic rings. The number of rotatable bonds is 4. The highest BCUT2D eigenvalue weighted by Crippen LogP contribution is 2.28. The van der Waals surface area contributed by atoms with E-state index in [9.17, 15) is 4.79 Å². The number of nitrogens with one attached hydrogen (secondary N) is 1. The van der Waals surface area contributed by atoms with Crippen LogP contribution < -0.4 is 5.32 Å². The van der Waals surface area contributed by atoms with Gasteiger partial charge in [0.25, 0.3) is 0 Å². The lowest BCUT2D eigenvalue weighted by Crippen LogP contribution is -2.38. The molecule has 1 saturated carbocycles. The standard InChI is InChI=1S/C16H17BrN2O2/c17-13-3-1-12-10-14(4-2-11(12)9-13)18-16(21)19(7-8-20)15-5-6-15/h1-4,9-10,15,20H,5-8H2,(H,18,21). The summed E-state index contributed by atoms with van der Waals surface area (Å²) in [5, 5.41) is 14.2. The van der Waals surface area contributed by atoms with E-state index >= 15 is 0 Å². The molecule has 4 nitrogen and oxygen atoms in total. The molecule has 21 heavy (non-hydrogen) atoms. The van der Waals surface area contributed by atoms with Crippen LogP contribution in [0.5, 0.6) is 0 Å². The molecule has 5 heteroatoms. The van der Waals surface area contributed by atoms with Crippen LogP contribution in [0.15, 0.2) is 40.9 Å². The zero-order valence-corrected chi connectivity index (χ0v) is 13.1. The Hall–Kier alpha value is -1.59. The Balaban J connectivity index is 1.77. The number of benzene rings is 2. The Bertz CT molecular complexity index is 670. The zero-order chi connectivity index (χ0) is 14.8. The van der Waals surface area contributed by atoms with Crippen LogP contribution in [0.4, 0.5) is 10.5 Å². The van der Waals surface area contributed by atoms with Crippen LogP contribution in [-0.4, -0.2) is 35.2 Å². The van der Waals surface area contributed by atoms with Gasteiger partial charge in [0.15, 0.2) is 0 Å². The SMILES string of the molecule is O=C(Nc1ccc2cc(Br)ccc2c1)N(CCO)C1CC1.